The van der Waals surface area contributed by atoms with Crippen LogP contribution in [0.5, 0.6) is 0 Å². The lowest BCUT2D eigenvalue weighted by molar-refractivity contribution is 0.886. The van der Waals surface area contributed by atoms with Crippen LogP contribution in [-0.2, 0) is 0 Å². The lowest BCUT2D eigenvalue weighted by Crippen LogP contribution is -1.72. The average Bonchev–Trinajstić information content (AvgIpc) is 2.77. The van der Waals surface area contributed by atoms with Gasteiger partial charge in [-0.05, 0) is 12.5 Å². The third-order valence-electron chi connectivity index (χ3n) is 2.52. The molecule has 0 saturated heterocycles. The summed E-state index contributed by atoms with van der Waals surface area (Å²) in [6.45, 7) is 5.83. The van der Waals surface area contributed by atoms with E-state index in [0.29, 0.717) is 0 Å². The maximum absolute atomic E-state index is 3.83. The highest BCUT2D eigenvalue weighted by molar-refractivity contribution is 5.60. The van der Waals surface area contributed by atoms with Crippen LogP contribution in [0.4, 0.5) is 0 Å². The third kappa shape index (κ3) is 4.27. The Morgan fingerprint density at radius 2 is 1.36 bits per heavy atom. The van der Waals surface area contributed by atoms with Crippen molar-refractivity contribution in [2.24, 2.45) is 0 Å². The van der Waals surface area contributed by atoms with Crippen molar-refractivity contribution in [3.05, 3.63) is 42.5 Å². The molecular formula is C14H20. The van der Waals surface area contributed by atoms with Crippen molar-refractivity contribution in [1.82, 2.24) is 0 Å². The Hall–Kier alpha value is -1.04. The molecule has 0 heteroatoms. The van der Waals surface area contributed by atoms with Crippen molar-refractivity contribution in [3.8, 4) is 0 Å². The van der Waals surface area contributed by atoms with E-state index in [1.165, 1.54) is 37.7 Å². The lowest BCUT2D eigenvalue weighted by atomic mass is 10.1. The quantitative estimate of drug-likeness (QED) is 0.600. The molecule has 1 fully saturated rings. The second-order valence-corrected chi connectivity index (χ2v) is 3.91. The molecule has 76 valence electrons. The summed E-state index contributed by atoms with van der Waals surface area (Å²) in [5, 5.41) is 0. The highest BCUT2D eigenvalue weighted by Gasteiger charge is 1.95. The van der Waals surface area contributed by atoms with Crippen molar-refractivity contribution < 1.29 is 0 Å². The van der Waals surface area contributed by atoms with Gasteiger partial charge in [0.2, 0.25) is 0 Å². The van der Waals surface area contributed by atoms with Crippen LogP contribution < -0.4 is 0 Å². The highest BCUT2D eigenvalue weighted by Crippen LogP contribution is 2.15. The summed E-state index contributed by atoms with van der Waals surface area (Å²) < 4.78 is 0. The summed E-state index contributed by atoms with van der Waals surface area (Å²) in [4.78, 5) is 0. The molecule has 0 aromatic heterocycles. The first kappa shape index (κ1) is 11.0. The van der Waals surface area contributed by atoms with Crippen molar-refractivity contribution in [1.29, 1.82) is 0 Å². The van der Waals surface area contributed by atoms with Crippen molar-refractivity contribution in [2.75, 3.05) is 0 Å². The number of rotatable bonds is 1. The van der Waals surface area contributed by atoms with E-state index in [2.05, 4.69) is 18.7 Å². The average molecular weight is 188 g/mol. The Morgan fingerprint density at radius 1 is 0.929 bits per heavy atom. The van der Waals surface area contributed by atoms with E-state index in [0.717, 1.165) is 5.57 Å². The molecule has 0 atom stereocenters. The van der Waals surface area contributed by atoms with Crippen molar-refractivity contribution >= 4 is 5.57 Å². The van der Waals surface area contributed by atoms with Gasteiger partial charge in [-0.15, -0.1) is 0 Å². The van der Waals surface area contributed by atoms with Crippen LogP contribution in [0.25, 0.3) is 5.57 Å². The predicted octanol–water partition coefficient (Wildman–Crippen LogP) is 4.67. The number of hydrogen-bond acceptors (Lipinski definition) is 0. The van der Waals surface area contributed by atoms with Gasteiger partial charge in [-0.3, -0.25) is 0 Å². The van der Waals surface area contributed by atoms with E-state index < -0.39 is 0 Å². The van der Waals surface area contributed by atoms with Gasteiger partial charge in [-0.1, -0.05) is 74.6 Å². The molecule has 0 amide bonds. The first-order valence-corrected chi connectivity index (χ1v) is 5.51. The molecule has 0 bridgehead atoms. The standard InChI is InChI=1S/C9H10.C5H10/c1-8(2)9-6-4-3-5-7-9;1-2-4-5-3-1/h3-7H,1H2,2H3;1-5H2. The monoisotopic (exact) mass is 188 g/mol. The van der Waals surface area contributed by atoms with Gasteiger partial charge < -0.3 is 0 Å². The van der Waals surface area contributed by atoms with Crippen LogP contribution >= 0.6 is 0 Å². The summed E-state index contributed by atoms with van der Waals surface area (Å²) in [5.41, 5.74) is 2.34. The maximum atomic E-state index is 3.83. The molecule has 0 unspecified atom stereocenters. The van der Waals surface area contributed by atoms with Crippen LogP contribution in [-0.4, -0.2) is 0 Å². The lowest BCUT2D eigenvalue weighted by Gasteiger charge is -1.94. The largest absolute Gasteiger partial charge is 0.0955 e. The van der Waals surface area contributed by atoms with Crippen LogP contribution in [0.1, 0.15) is 44.6 Å². The first-order valence-electron chi connectivity index (χ1n) is 5.51. The molecule has 0 heterocycles. The van der Waals surface area contributed by atoms with Crippen LogP contribution in [0.2, 0.25) is 0 Å². The van der Waals surface area contributed by atoms with Crippen molar-refractivity contribution in [3.63, 3.8) is 0 Å². The Kier molecular flexibility index (Phi) is 5.06. The normalized spacial score (nSPS) is 14.4. The summed E-state index contributed by atoms with van der Waals surface area (Å²) in [5.74, 6) is 0. The van der Waals surface area contributed by atoms with Gasteiger partial charge in [0.25, 0.3) is 0 Å². The predicted molar refractivity (Wildman–Crippen MR) is 64.2 cm³/mol. The number of benzene rings is 1. The highest BCUT2D eigenvalue weighted by atomic mass is 14.0. The van der Waals surface area contributed by atoms with Crippen molar-refractivity contribution in [2.45, 2.75) is 39.0 Å². The van der Waals surface area contributed by atoms with E-state index >= 15 is 0 Å². The fraction of sp³-hybridized carbons (Fsp3) is 0.429. The van der Waals surface area contributed by atoms with E-state index in [1.807, 2.05) is 25.1 Å². The SMILES string of the molecule is C1CCCC1.C=C(C)c1ccccc1. The molecule has 1 aromatic carbocycles. The Labute approximate surface area is 87.7 Å². The minimum atomic E-state index is 1.12. The van der Waals surface area contributed by atoms with Gasteiger partial charge in [-0.2, -0.15) is 0 Å². The zero-order valence-corrected chi connectivity index (χ0v) is 9.13. The first-order chi connectivity index (χ1) is 6.80. The molecule has 1 saturated carbocycles. The molecule has 0 radical (unpaired) electrons. The molecule has 0 spiro atoms. The molecule has 0 N–H and O–H groups in total. The van der Waals surface area contributed by atoms with E-state index in [-0.39, 0.29) is 0 Å². The van der Waals surface area contributed by atoms with Gasteiger partial charge in [0.1, 0.15) is 0 Å². The topological polar surface area (TPSA) is 0 Å². The second-order valence-electron chi connectivity index (χ2n) is 3.91. The summed E-state index contributed by atoms with van der Waals surface area (Å²) >= 11 is 0. The van der Waals surface area contributed by atoms with Crippen LogP contribution in [0.15, 0.2) is 36.9 Å². The summed E-state index contributed by atoms with van der Waals surface area (Å²) in [6.07, 6.45) is 7.50. The zero-order valence-electron chi connectivity index (χ0n) is 9.13. The second kappa shape index (κ2) is 6.42. The molecule has 0 nitrogen and oxygen atoms in total. The molecular weight excluding hydrogens is 168 g/mol. The summed E-state index contributed by atoms with van der Waals surface area (Å²) in [7, 11) is 0. The van der Waals surface area contributed by atoms with E-state index in [9.17, 15) is 0 Å². The van der Waals surface area contributed by atoms with Gasteiger partial charge in [0.05, 0.1) is 0 Å². The minimum absolute atomic E-state index is 1.12. The zero-order chi connectivity index (χ0) is 10.2. The number of allylic oxidation sites excluding steroid dienone is 1. The molecule has 2 rings (SSSR count). The third-order valence-corrected chi connectivity index (χ3v) is 2.52. The molecule has 0 aliphatic heterocycles. The Bertz CT molecular complexity index is 247. The molecule has 1 aliphatic carbocycles. The molecule has 1 aliphatic rings. The van der Waals surface area contributed by atoms with Gasteiger partial charge >= 0.3 is 0 Å². The maximum Gasteiger partial charge on any atom is -0.0233 e. The molecule has 14 heavy (non-hydrogen) atoms. The number of hydrogen-bond donors (Lipinski definition) is 0. The van der Waals surface area contributed by atoms with Crippen LogP contribution in [0.3, 0.4) is 0 Å². The van der Waals surface area contributed by atoms with Crippen LogP contribution in [0, 0.1) is 0 Å². The fourth-order valence-electron chi connectivity index (χ4n) is 1.61. The summed E-state index contributed by atoms with van der Waals surface area (Å²) in [6, 6.07) is 10.2. The minimum Gasteiger partial charge on any atom is -0.0955 e. The molecule has 1 aromatic rings. The van der Waals surface area contributed by atoms with Gasteiger partial charge in [0, 0.05) is 0 Å². The van der Waals surface area contributed by atoms with Gasteiger partial charge in [-0.25, -0.2) is 0 Å². The van der Waals surface area contributed by atoms with E-state index in [4.69, 9.17) is 0 Å². The Balaban J connectivity index is 0.000000165. The van der Waals surface area contributed by atoms with E-state index in [1.54, 1.807) is 0 Å². The Morgan fingerprint density at radius 3 is 1.64 bits per heavy atom. The fourth-order valence-corrected chi connectivity index (χ4v) is 1.61. The smallest absolute Gasteiger partial charge is 0.0233 e. The van der Waals surface area contributed by atoms with Gasteiger partial charge in [0.15, 0.2) is 0 Å².